The highest BCUT2D eigenvalue weighted by Crippen LogP contribution is 2.18. The van der Waals surface area contributed by atoms with Gasteiger partial charge >= 0.3 is 6.03 Å². The zero-order valence-corrected chi connectivity index (χ0v) is 12.4. The molecule has 0 spiro atoms. The lowest BCUT2D eigenvalue weighted by molar-refractivity contribution is 0.224. The summed E-state index contributed by atoms with van der Waals surface area (Å²) in [5.41, 5.74) is 2.78. The first-order valence-electron chi connectivity index (χ1n) is 6.87. The Balaban J connectivity index is 2.89. The predicted molar refractivity (Wildman–Crippen MR) is 81.7 cm³/mol. The van der Waals surface area contributed by atoms with Crippen LogP contribution < -0.4 is 5.32 Å². The summed E-state index contributed by atoms with van der Waals surface area (Å²) in [6, 6.07) is 5.63. The Kier molecular flexibility index (Phi) is 6.61. The molecule has 0 unspecified atom stereocenters. The number of anilines is 1. The van der Waals surface area contributed by atoms with Gasteiger partial charge in [0.15, 0.2) is 0 Å². The second-order valence-corrected chi connectivity index (χ2v) is 4.45. The highest BCUT2D eigenvalue weighted by Gasteiger charge is 2.09. The van der Waals surface area contributed by atoms with E-state index in [9.17, 15) is 4.79 Å². The van der Waals surface area contributed by atoms with E-state index in [2.05, 4.69) is 17.2 Å². The van der Waals surface area contributed by atoms with E-state index in [1.54, 1.807) is 11.9 Å². The van der Waals surface area contributed by atoms with Gasteiger partial charge in [0.2, 0.25) is 0 Å². The number of nitrogens with zero attached hydrogens (tertiary/aromatic N) is 1. The third kappa shape index (κ3) is 4.60. The van der Waals surface area contributed by atoms with Crippen LogP contribution in [0.2, 0.25) is 0 Å². The van der Waals surface area contributed by atoms with Crippen molar-refractivity contribution >= 4 is 11.7 Å². The van der Waals surface area contributed by atoms with Gasteiger partial charge in [0.1, 0.15) is 0 Å². The Morgan fingerprint density at radius 1 is 1.40 bits per heavy atom. The molecule has 0 aliphatic rings. The number of urea groups is 1. The first-order chi connectivity index (χ1) is 9.62. The summed E-state index contributed by atoms with van der Waals surface area (Å²) in [5, 5.41) is 11.6. The van der Waals surface area contributed by atoms with Crippen molar-refractivity contribution in [2.45, 2.75) is 26.7 Å². The van der Waals surface area contributed by atoms with Crippen molar-refractivity contribution in [3.63, 3.8) is 0 Å². The van der Waals surface area contributed by atoms with Crippen molar-refractivity contribution in [3.8, 4) is 11.8 Å². The predicted octanol–water partition coefficient (Wildman–Crippen LogP) is 2.47. The summed E-state index contributed by atoms with van der Waals surface area (Å²) < 4.78 is 0. The minimum absolute atomic E-state index is 0.0745. The first-order valence-corrected chi connectivity index (χ1v) is 6.87. The van der Waals surface area contributed by atoms with E-state index in [-0.39, 0.29) is 12.6 Å². The lowest BCUT2D eigenvalue weighted by Gasteiger charge is -2.17. The molecule has 0 aromatic heterocycles. The Hall–Kier alpha value is -1.99. The van der Waals surface area contributed by atoms with Gasteiger partial charge in [-0.15, -0.1) is 0 Å². The number of amides is 2. The van der Waals surface area contributed by atoms with Crippen molar-refractivity contribution in [1.82, 2.24) is 4.90 Å². The van der Waals surface area contributed by atoms with E-state index in [4.69, 9.17) is 5.11 Å². The fourth-order valence-electron chi connectivity index (χ4n) is 1.66. The molecule has 0 radical (unpaired) electrons. The number of aliphatic hydroxyl groups excluding tert-OH is 1. The Labute approximate surface area is 120 Å². The quantitative estimate of drug-likeness (QED) is 0.829. The van der Waals surface area contributed by atoms with Gasteiger partial charge in [0.05, 0.1) is 6.61 Å². The fourth-order valence-corrected chi connectivity index (χ4v) is 1.66. The Morgan fingerprint density at radius 2 is 2.15 bits per heavy atom. The number of aliphatic hydroxyl groups is 1. The van der Waals surface area contributed by atoms with Gasteiger partial charge < -0.3 is 15.3 Å². The molecule has 108 valence electrons. The summed E-state index contributed by atoms with van der Waals surface area (Å²) in [7, 11) is 1.76. The second kappa shape index (κ2) is 8.23. The van der Waals surface area contributed by atoms with Gasteiger partial charge in [0, 0.05) is 31.3 Å². The third-order valence-corrected chi connectivity index (χ3v) is 3.02. The standard InChI is InChI=1S/C16H22N2O2/c1-4-14-12-13(8-6-7-11-19)9-10-15(14)17-16(20)18(3)5-2/h9-10,12,19H,4-5,7,11H2,1-3H3,(H,17,20). The van der Waals surface area contributed by atoms with Crippen molar-refractivity contribution in [2.24, 2.45) is 0 Å². The highest BCUT2D eigenvalue weighted by molar-refractivity contribution is 5.90. The third-order valence-electron chi connectivity index (χ3n) is 3.02. The molecule has 0 atom stereocenters. The van der Waals surface area contributed by atoms with Gasteiger partial charge in [-0.2, -0.15) is 0 Å². The molecule has 2 N–H and O–H groups in total. The molecule has 1 aromatic carbocycles. The Morgan fingerprint density at radius 3 is 2.75 bits per heavy atom. The maximum Gasteiger partial charge on any atom is 0.321 e. The molecule has 0 fully saturated rings. The van der Waals surface area contributed by atoms with Gasteiger partial charge in [0.25, 0.3) is 0 Å². The highest BCUT2D eigenvalue weighted by atomic mass is 16.2. The molecule has 4 heteroatoms. The molecule has 0 aliphatic carbocycles. The molecule has 0 heterocycles. The first kappa shape index (κ1) is 16.1. The molecule has 0 saturated carbocycles. The minimum Gasteiger partial charge on any atom is -0.395 e. The van der Waals surface area contributed by atoms with E-state index in [1.807, 2.05) is 32.0 Å². The summed E-state index contributed by atoms with van der Waals surface area (Å²) in [6.45, 7) is 4.71. The summed E-state index contributed by atoms with van der Waals surface area (Å²) in [4.78, 5) is 13.5. The van der Waals surface area contributed by atoms with Crippen LogP contribution in [0.1, 0.15) is 31.4 Å². The topological polar surface area (TPSA) is 52.6 Å². The van der Waals surface area contributed by atoms with Crippen LogP contribution in [0.25, 0.3) is 0 Å². The van der Waals surface area contributed by atoms with Gasteiger partial charge in [-0.3, -0.25) is 0 Å². The number of carbonyl (C=O) groups excluding carboxylic acids is 1. The molecule has 1 rings (SSSR count). The Bertz CT molecular complexity index is 515. The van der Waals surface area contributed by atoms with Crippen LogP contribution in [0.4, 0.5) is 10.5 Å². The number of carbonyl (C=O) groups is 1. The second-order valence-electron chi connectivity index (χ2n) is 4.45. The smallest absolute Gasteiger partial charge is 0.321 e. The van der Waals surface area contributed by atoms with Crippen molar-refractivity contribution in [1.29, 1.82) is 0 Å². The van der Waals surface area contributed by atoms with Crippen LogP contribution in [-0.2, 0) is 6.42 Å². The molecule has 0 aliphatic heterocycles. The van der Waals surface area contributed by atoms with E-state index >= 15 is 0 Å². The molecular formula is C16H22N2O2. The van der Waals surface area contributed by atoms with Crippen LogP contribution in [0.5, 0.6) is 0 Å². The number of benzene rings is 1. The molecular weight excluding hydrogens is 252 g/mol. The normalized spacial score (nSPS) is 9.60. The molecule has 2 amide bonds. The number of rotatable bonds is 4. The maximum absolute atomic E-state index is 11.9. The average molecular weight is 274 g/mol. The summed E-state index contributed by atoms with van der Waals surface area (Å²) >= 11 is 0. The van der Waals surface area contributed by atoms with Crippen LogP contribution in [0.15, 0.2) is 18.2 Å². The monoisotopic (exact) mass is 274 g/mol. The van der Waals surface area contributed by atoms with Gasteiger partial charge in [-0.1, -0.05) is 18.8 Å². The van der Waals surface area contributed by atoms with E-state index in [0.717, 1.165) is 23.2 Å². The van der Waals surface area contributed by atoms with Crippen molar-refractivity contribution < 1.29 is 9.90 Å². The van der Waals surface area contributed by atoms with Gasteiger partial charge in [-0.25, -0.2) is 4.79 Å². The lowest BCUT2D eigenvalue weighted by Crippen LogP contribution is -2.31. The number of hydrogen-bond donors (Lipinski definition) is 2. The molecule has 0 saturated heterocycles. The average Bonchev–Trinajstić information content (AvgIpc) is 2.47. The van der Waals surface area contributed by atoms with Crippen LogP contribution in [-0.4, -0.2) is 36.2 Å². The zero-order chi connectivity index (χ0) is 15.0. The van der Waals surface area contributed by atoms with E-state index in [1.165, 1.54) is 0 Å². The largest absolute Gasteiger partial charge is 0.395 e. The van der Waals surface area contributed by atoms with E-state index < -0.39 is 0 Å². The number of aryl methyl sites for hydroxylation is 1. The van der Waals surface area contributed by atoms with Crippen LogP contribution in [0.3, 0.4) is 0 Å². The summed E-state index contributed by atoms with van der Waals surface area (Å²) in [6.07, 6.45) is 1.29. The van der Waals surface area contributed by atoms with Crippen molar-refractivity contribution in [3.05, 3.63) is 29.3 Å². The lowest BCUT2D eigenvalue weighted by atomic mass is 10.1. The minimum atomic E-state index is -0.110. The van der Waals surface area contributed by atoms with Gasteiger partial charge in [-0.05, 0) is 37.1 Å². The SMILES string of the molecule is CCc1cc(C#CCCO)ccc1NC(=O)N(C)CC. The molecule has 20 heavy (non-hydrogen) atoms. The fraction of sp³-hybridized carbons (Fsp3) is 0.438. The maximum atomic E-state index is 11.9. The number of hydrogen-bond acceptors (Lipinski definition) is 2. The molecule has 4 nitrogen and oxygen atoms in total. The van der Waals surface area contributed by atoms with Crippen LogP contribution in [0, 0.1) is 11.8 Å². The number of nitrogens with one attached hydrogen (secondary N) is 1. The molecule has 0 bridgehead atoms. The zero-order valence-electron chi connectivity index (χ0n) is 12.4. The van der Waals surface area contributed by atoms with Crippen molar-refractivity contribution in [2.75, 3.05) is 25.5 Å². The summed E-state index contributed by atoms with van der Waals surface area (Å²) in [5.74, 6) is 5.90. The molecule has 1 aromatic rings. The van der Waals surface area contributed by atoms with E-state index in [0.29, 0.717) is 13.0 Å². The van der Waals surface area contributed by atoms with Crippen LogP contribution >= 0.6 is 0 Å².